The van der Waals surface area contributed by atoms with Gasteiger partial charge in [-0.2, -0.15) is 13.9 Å². The molecule has 0 aromatic carbocycles. The number of halogens is 2. The van der Waals surface area contributed by atoms with Crippen LogP contribution in [0.1, 0.15) is 11.4 Å². The van der Waals surface area contributed by atoms with Crippen LogP contribution >= 0.6 is 8.58 Å². The topological polar surface area (TPSA) is 27.1 Å². The van der Waals surface area contributed by atoms with E-state index in [1.807, 2.05) is 6.92 Å². The third-order valence-corrected chi connectivity index (χ3v) is 3.64. The van der Waals surface area contributed by atoms with Crippen LogP contribution in [0.25, 0.3) is 0 Å². The van der Waals surface area contributed by atoms with Crippen LogP contribution in [0.5, 0.6) is 0 Å². The molecular weight excluding hydrogens is 233 g/mol. The van der Waals surface area contributed by atoms with E-state index in [4.69, 9.17) is 4.74 Å². The largest absolute Gasteiger partial charge is 0.381 e. The lowest BCUT2D eigenvalue weighted by molar-refractivity contribution is -0.0412. The Hall–Kier alpha value is -0.540. The van der Waals surface area contributed by atoms with Crippen LogP contribution in [0.3, 0.4) is 0 Å². The molecular formula is C10H15F2N2OP. The SMILES string of the molecule is CPC(F)(F)c1cc(C)n(CC2COC2)n1. The van der Waals surface area contributed by atoms with Gasteiger partial charge >= 0.3 is 5.66 Å². The van der Waals surface area contributed by atoms with Gasteiger partial charge in [-0.3, -0.25) is 4.68 Å². The highest BCUT2D eigenvalue weighted by molar-refractivity contribution is 7.38. The van der Waals surface area contributed by atoms with Crippen LogP contribution in [0.4, 0.5) is 8.78 Å². The zero-order valence-corrected chi connectivity index (χ0v) is 10.3. The average Bonchev–Trinajstić information content (AvgIpc) is 2.54. The van der Waals surface area contributed by atoms with Crippen LogP contribution in [-0.4, -0.2) is 29.7 Å². The van der Waals surface area contributed by atoms with Gasteiger partial charge in [-0.1, -0.05) is 0 Å². The number of alkyl halides is 2. The molecule has 1 aliphatic rings. The van der Waals surface area contributed by atoms with E-state index in [2.05, 4.69) is 5.10 Å². The van der Waals surface area contributed by atoms with Crippen molar-refractivity contribution < 1.29 is 13.5 Å². The summed E-state index contributed by atoms with van der Waals surface area (Å²) in [5.41, 5.74) is -2.10. The summed E-state index contributed by atoms with van der Waals surface area (Å²) in [6.45, 7) is 5.40. The molecule has 0 amide bonds. The molecule has 1 saturated heterocycles. The fourth-order valence-corrected chi connectivity index (χ4v) is 1.99. The number of aryl methyl sites for hydroxylation is 1. The molecule has 1 unspecified atom stereocenters. The molecule has 1 atom stereocenters. The molecule has 3 nitrogen and oxygen atoms in total. The maximum absolute atomic E-state index is 13.4. The van der Waals surface area contributed by atoms with Crippen molar-refractivity contribution in [1.29, 1.82) is 0 Å². The molecule has 0 aliphatic carbocycles. The van der Waals surface area contributed by atoms with E-state index in [0.717, 1.165) is 5.69 Å². The predicted octanol–water partition coefficient (Wildman–Crippen LogP) is 2.20. The minimum absolute atomic E-state index is 0.105. The fraction of sp³-hybridized carbons (Fsp3) is 0.700. The average molecular weight is 248 g/mol. The van der Waals surface area contributed by atoms with Crippen molar-refractivity contribution in [2.75, 3.05) is 19.9 Å². The van der Waals surface area contributed by atoms with Crippen LogP contribution in [0, 0.1) is 12.8 Å². The van der Waals surface area contributed by atoms with Gasteiger partial charge in [0.2, 0.25) is 0 Å². The molecule has 0 saturated carbocycles. The van der Waals surface area contributed by atoms with Gasteiger partial charge < -0.3 is 4.74 Å². The Kier molecular flexibility index (Phi) is 3.27. The van der Waals surface area contributed by atoms with Crippen LogP contribution in [0.2, 0.25) is 0 Å². The summed E-state index contributed by atoms with van der Waals surface area (Å²) in [7, 11) is -0.452. The normalized spacial score (nSPS) is 18.2. The number of hydrogen-bond donors (Lipinski definition) is 0. The number of ether oxygens (including phenoxy) is 1. The molecule has 16 heavy (non-hydrogen) atoms. The van der Waals surface area contributed by atoms with Crippen molar-refractivity contribution in [2.24, 2.45) is 5.92 Å². The molecule has 0 N–H and O–H groups in total. The predicted molar refractivity (Wildman–Crippen MR) is 59.4 cm³/mol. The first-order chi connectivity index (χ1) is 7.53. The number of hydrogen-bond acceptors (Lipinski definition) is 2. The molecule has 2 rings (SSSR count). The molecule has 6 heteroatoms. The molecule has 1 aliphatic heterocycles. The van der Waals surface area contributed by atoms with E-state index in [1.54, 1.807) is 4.68 Å². The first kappa shape index (κ1) is 11.9. The van der Waals surface area contributed by atoms with Gasteiger partial charge in [0.15, 0.2) is 0 Å². The summed E-state index contributed by atoms with van der Waals surface area (Å²) in [6.07, 6.45) is 0. The highest BCUT2D eigenvalue weighted by Crippen LogP contribution is 2.41. The van der Waals surface area contributed by atoms with Gasteiger partial charge in [0.05, 0.1) is 13.2 Å². The van der Waals surface area contributed by atoms with Crippen LogP contribution in [0.15, 0.2) is 6.07 Å². The molecule has 0 radical (unpaired) electrons. The molecule has 1 aromatic heterocycles. The van der Waals surface area contributed by atoms with Crippen molar-refractivity contribution >= 4 is 8.58 Å². The van der Waals surface area contributed by atoms with Crippen molar-refractivity contribution in [1.82, 2.24) is 9.78 Å². The molecule has 0 bridgehead atoms. The van der Waals surface area contributed by atoms with E-state index in [-0.39, 0.29) is 5.69 Å². The minimum atomic E-state index is -2.79. The van der Waals surface area contributed by atoms with E-state index >= 15 is 0 Å². The summed E-state index contributed by atoms with van der Waals surface area (Å²) in [5, 5.41) is 3.99. The van der Waals surface area contributed by atoms with Crippen molar-refractivity contribution in [3.63, 3.8) is 0 Å². The lowest BCUT2D eigenvalue weighted by atomic mass is 10.1. The molecule has 90 valence electrons. The summed E-state index contributed by atoms with van der Waals surface area (Å²) < 4.78 is 33.6. The first-order valence-corrected chi connectivity index (χ1v) is 6.72. The zero-order chi connectivity index (χ0) is 11.8. The van der Waals surface area contributed by atoms with Gasteiger partial charge in [-0.05, 0) is 28.2 Å². The summed E-state index contributed by atoms with van der Waals surface area (Å²) in [4.78, 5) is 0. The molecule has 0 spiro atoms. The third kappa shape index (κ3) is 2.25. The number of rotatable bonds is 4. The highest BCUT2D eigenvalue weighted by atomic mass is 31.1. The van der Waals surface area contributed by atoms with E-state index in [1.165, 1.54) is 12.7 Å². The number of nitrogens with zero attached hydrogens (tertiary/aromatic N) is 2. The second-order valence-corrected chi connectivity index (χ2v) is 5.21. The minimum Gasteiger partial charge on any atom is -0.381 e. The standard InChI is InChI=1S/C10H15F2N2OP/c1-7-3-9(10(11,12)16-2)13-14(7)4-8-5-15-6-8/h3,8,16H,4-6H2,1-2H3. The smallest absolute Gasteiger partial charge is 0.304 e. The summed E-state index contributed by atoms with van der Waals surface area (Å²) in [5.74, 6) is 0.421. The maximum atomic E-state index is 13.4. The monoisotopic (exact) mass is 248 g/mol. The van der Waals surface area contributed by atoms with Crippen LogP contribution < -0.4 is 0 Å². The second kappa shape index (κ2) is 4.38. The third-order valence-electron chi connectivity index (χ3n) is 2.76. The van der Waals surface area contributed by atoms with Crippen molar-refractivity contribution in [3.8, 4) is 0 Å². The van der Waals surface area contributed by atoms with Crippen molar-refractivity contribution in [2.45, 2.75) is 19.1 Å². The number of aromatic nitrogens is 2. The van der Waals surface area contributed by atoms with Crippen molar-refractivity contribution in [3.05, 3.63) is 17.5 Å². The Morgan fingerprint density at radius 2 is 2.31 bits per heavy atom. The van der Waals surface area contributed by atoms with Gasteiger partial charge in [0, 0.05) is 18.2 Å². The Bertz CT molecular complexity index is 377. The summed E-state index contributed by atoms with van der Waals surface area (Å²) in [6, 6.07) is 1.48. The first-order valence-electron chi connectivity index (χ1n) is 5.22. The lowest BCUT2D eigenvalue weighted by Gasteiger charge is -2.26. The Morgan fingerprint density at radius 3 is 2.81 bits per heavy atom. The van der Waals surface area contributed by atoms with Gasteiger partial charge in [0.1, 0.15) is 5.69 Å². The molecule has 1 aromatic rings. The quantitative estimate of drug-likeness (QED) is 0.764. The van der Waals surface area contributed by atoms with Gasteiger partial charge in [0.25, 0.3) is 0 Å². The van der Waals surface area contributed by atoms with Gasteiger partial charge in [-0.15, -0.1) is 0 Å². The Balaban J connectivity index is 2.14. The maximum Gasteiger partial charge on any atom is 0.304 e. The highest BCUT2D eigenvalue weighted by Gasteiger charge is 2.33. The van der Waals surface area contributed by atoms with E-state index in [9.17, 15) is 8.78 Å². The second-order valence-electron chi connectivity index (χ2n) is 4.08. The summed E-state index contributed by atoms with van der Waals surface area (Å²) >= 11 is 0. The molecule has 1 fully saturated rings. The Labute approximate surface area is 94.9 Å². The van der Waals surface area contributed by atoms with E-state index < -0.39 is 14.2 Å². The Morgan fingerprint density at radius 1 is 1.62 bits per heavy atom. The zero-order valence-electron chi connectivity index (χ0n) is 9.33. The fourth-order valence-electron chi connectivity index (χ4n) is 1.61. The van der Waals surface area contributed by atoms with Crippen LogP contribution in [-0.2, 0) is 16.9 Å². The van der Waals surface area contributed by atoms with Gasteiger partial charge in [-0.25, -0.2) is 0 Å². The molecule has 2 heterocycles. The lowest BCUT2D eigenvalue weighted by Crippen LogP contribution is -2.32. The van der Waals surface area contributed by atoms with E-state index in [0.29, 0.717) is 25.7 Å².